The monoisotopic (exact) mass is 302 g/mol. The average molecular weight is 302 g/mol. The molecule has 0 aliphatic rings. The largest absolute Gasteiger partial charge is 0.394 e. The van der Waals surface area contributed by atoms with Crippen LogP contribution in [0, 0.1) is 0 Å². The molecular weight excluding hydrogens is 264 g/mol. The van der Waals surface area contributed by atoms with Gasteiger partial charge in [0.15, 0.2) is 0 Å². The number of aliphatic hydroxyl groups is 2. The zero-order valence-electron chi connectivity index (χ0n) is 14.2. The van der Waals surface area contributed by atoms with Crippen LogP contribution in [0.25, 0.3) is 0 Å². The molecule has 0 radical (unpaired) electrons. The lowest BCUT2D eigenvalue weighted by Crippen LogP contribution is -2.19. The predicted octanol–water partition coefficient (Wildman–Crippen LogP) is 4.45. The highest BCUT2D eigenvalue weighted by Crippen LogP contribution is 2.12. The zero-order valence-corrected chi connectivity index (χ0v) is 14.2. The SMILES string of the molecule is CCCCCCCCCCCCCCCOCC(O)CO. The topological polar surface area (TPSA) is 49.7 Å². The number of hydrogen-bond acceptors (Lipinski definition) is 3. The van der Waals surface area contributed by atoms with Crippen molar-refractivity contribution in [2.45, 2.75) is 96.5 Å². The summed E-state index contributed by atoms with van der Waals surface area (Å²) in [6.07, 6.45) is 16.8. The van der Waals surface area contributed by atoms with Gasteiger partial charge in [-0.05, 0) is 6.42 Å². The number of aliphatic hydroxyl groups excluding tert-OH is 2. The minimum atomic E-state index is -0.716. The van der Waals surface area contributed by atoms with Gasteiger partial charge in [0.25, 0.3) is 0 Å². The second-order valence-corrected chi connectivity index (χ2v) is 6.15. The minimum absolute atomic E-state index is 0.210. The molecule has 0 fully saturated rings. The van der Waals surface area contributed by atoms with Crippen LogP contribution in [0.4, 0.5) is 0 Å². The van der Waals surface area contributed by atoms with E-state index in [0.29, 0.717) is 6.61 Å². The van der Waals surface area contributed by atoms with Crippen LogP contribution in [0.2, 0.25) is 0 Å². The normalized spacial score (nSPS) is 12.7. The van der Waals surface area contributed by atoms with Crippen molar-refractivity contribution >= 4 is 0 Å². The molecule has 128 valence electrons. The molecule has 2 N–H and O–H groups in total. The third-order valence-corrected chi connectivity index (χ3v) is 3.91. The first kappa shape index (κ1) is 20.9. The predicted molar refractivity (Wildman–Crippen MR) is 89.6 cm³/mol. The fourth-order valence-corrected chi connectivity index (χ4v) is 2.49. The van der Waals surface area contributed by atoms with Crippen molar-refractivity contribution in [1.29, 1.82) is 0 Å². The van der Waals surface area contributed by atoms with Gasteiger partial charge in [-0.2, -0.15) is 0 Å². The van der Waals surface area contributed by atoms with Gasteiger partial charge >= 0.3 is 0 Å². The van der Waals surface area contributed by atoms with E-state index in [1.165, 1.54) is 77.0 Å². The zero-order chi connectivity index (χ0) is 15.6. The van der Waals surface area contributed by atoms with Gasteiger partial charge in [-0.15, -0.1) is 0 Å². The van der Waals surface area contributed by atoms with E-state index in [0.717, 1.165) is 6.42 Å². The van der Waals surface area contributed by atoms with E-state index in [9.17, 15) is 0 Å². The first-order valence-corrected chi connectivity index (χ1v) is 9.18. The van der Waals surface area contributed by atoms with Crippen LogP contribution in [0.15, 0.2) is 0 Å². The Bertz CT molecular complexity index is 185. The molecule has 0 aromatic rings. The van der Waals surface area contributed by atoms with E-state index in [1.807, 2.05) is 0 Å². The summed E-state index contributed by atoms with van der Waals surface area (Å²) in [5.41, 5.74) is 0. The molecule has 0 aromatic carbocycles. The molecule has 0 heterocycles. The Morgan fingerprint density at radius 1 is 0.714 bits per heavy atom. The van der Waals surface area contributed by atoms with Gasteiger partial charge in [0.2, 0.25) is 0 Å². The Morgan fingerprint density at radius 3 is 1.57 bits per heavy atom. The molecule has 0 aliphatic carbocycles. The van der Waals surface area contributed by atoms with Crippen molar-refractivity contribution in [3.8, 4) is 0 Å². The highest BCUT2D eigenvalue weighted by molar-refractivity contribution is 4.50. The molecule has 0 saturated carbocycles. The molecule has 0 saturated heterocycles. The van der Waals surface area contributed by atoms with Crippen molar-refractivity contribution in [2.24, 2.45) is 0 Å². The summed E-state index contributed by atoms with van der Waals surface area (Å²) in [6.45, 7) is 3.02. The molecule has 1 unspecified atom stereocenters. The first-order chi connectivity index (χ1) is 10.3. The van der Waals surface area contributed by atoms with Crippen molar-refractivity contribution in [3.05, 3.63) is 0 Å². The fraction of sp³-hybridized carbons (Fsp3) is 1.00. The van der Waals surface area contributed by atoms with E-state index in [-0.39, 0.29) is 13.2 Å². The van der Waals surface area contributed by atoms with Crippen LogP contribution in [0.3, 0.4) is 0 Å². The lowest BCUT2D eigenvalue weighted by molar-refractivity contribution is 0.00526. The Hall–Kier alpha value is -0.120. The summed E-state index contributed by atoms with van der Waals surface area (Å²) in [5, 5.41) is 17.7. The molecule has 3 heteroatoms. The van der Waals surface area contributed by atoms with Crippen molar-refractivity contribution in [2.75, 3.05) is 19.8 Å². The van der Waals surface area contributed by atoms with Crippen molar-refractivity contribution in [1.82, 2.24) is 0 Å². The van der Waals surface area contributed by atoms with Crippen LogP contribution in [0.1, 0.15) is 90.4 Å². The van der Waals surface area contributed by atoms with Crippen LogP contribution in [-0.4, -0.2) is 36.1 Å². The lowest BCUT2D eigenvalue weighted by atomic mass is 10.0. The number of rotatable bonds is 17. The molecule has 0 aliphatic heterocycles. The van der Waals surface area contributed by atoms with Gasteiger partial charge < -0.3 is 14.9 Å². The Balaban J connectivity index is 2.96. The quantitative estimate of drug-likeness (QED) is 0.390. The van der Waals surface area contributed by atoms with Gasteiger partial charge in [-0.25, -0.2) is 0 Å². The summed E-state index contributed by atoms with van der Waals surface area (Å²) >= 11 is 0. The number of unbranched alkanes of at least 4 members (excludes halogenated alkanes) is 12. The number of ether oxygens (including phenoxy) is 1. The summed E-state index contributed by atoms with van der Waals surface area (Å²) in [6, 6.07) is 0. The molecule has 0 bridgehead atoms. The maximum Gasteiger partial charge on any atom is 0.100 e. The first-order valence-electron chi connectivity index (χ1n) is 9.18. The molecule has 1 atom stereocenters. The highest BCUT2D eigenvalue weighted by atomic mass is 16.5. The summed E-state index contributed by atoms with van der Waals surface area (Å²) in [4.78, 5) is 0. The van der Waals surface area contributed by atoms with Gasteiger partial charge in [-0.1, -0.05) is 84.0 Å². The Kier molecular flexibility index (Phi) is 17.8. The van der Waals surface area contributed by atoms with Gasteiger partial charge in [0.05, 0.1) is 13.2 Å². The van der Waals surface area contributed by atoms with Crippen LogP contribution >= 0.6 is 0 Å². The standard InChI is InChI=1S/C18H38O3/c1-2-3-4-5-6-7-8-9-10-11-12-13-14-15-21-17-18(20)16-19/h18-20H,2-17H2,1H3. The van der Waals surface area contributed by atoms with E-state index in [4.69, 9.17) is 14.9 Å². The second kappa shape index (κ2) is 17.9. The summed E-state index contributed by atoms with van der Waals surface area (Å²) in [7, 11) is 0. The summed E-state index contributed by atoms with van der Waals surface area (Å²) in [5.74, 6) is 0. The lowest BCUT2D eigenvalue weighted by Gasteiger charge is -2.08. The van der Waals surface area contributed by atoms with Crippen LogP contribution in [-0.2, 0) is 4.74 Å². The van der Waals surface area contributed by atoms with Gasteiger partial charge in [-0.3, -0.25) is 0 Å². The molecular formula is C18H38O3. The van der Waals surface area contributed by atoms with E-state index in [1.54, 1.807) is 0 Å². The van der Waals surface area contributed by atoms with Crippen molar-refractivity contribution in [3.63, 3.8) is 0 Å². The Morgan fingerprint density at radius 2 is 1.14 bits per heavy atom. The van der Waals surface area contributed by atoms with Gasteiger partial charge in [0.1, 0.15) is 6.10 Å². The fourth-order valence-electron chi connectivity index (χ4n) is 2.49. The molecule has 3 nitrogen and oxygen atoms in total. The molecule has 0 spiro atoms. The molecule has 0 rings (SSSR count). The number of hydrogen-bond donors (Lipinski definition) is 2. The molecule has 0 amide bonds. The molecule has 0 aromatic heterocycles. The molecule has 21 heavy (non-hydrogen) atoms. The van der Waals surface area contributed by atoms with Crippen LogP contribution < -0.4 is 0 Å². The van der Waals surface area contributed by atoms with Crippen molar-refractivity contribution < 1.29 is 14.9 Å². The van der Waals surface area contributed by atoms with E-state index >= 15 is 0 Å². The third-order valence-electron chi connectivity index (χ3n) is 3.91. The van der Waals surface area contributed by atoms with E-state index in [2.05, 4.69) is 6.92 Å². The maximum atomic E-state index is 9.09. The second-order valence-electron chi connectivity index (χ2n) is 6.15. The maximum absolute atomic E-state index is 9.09. The van der Waals surface area contributed by atoms with E-state index < -0.39 is 6.10 Å². The Labute approximate surface area is 132 Å². The highest BCUT2D eigenvalue weighted by Gasteiger charge is 2.00. The minimum Gasteiger partial charge on any atom is -0.394 e. The third kappa shape index (κ3) is 17.8. The van der Waals surface area contributed by atoms with Gasteiger partial charge in [0, 0.05) is 6.61 Å². The average Bonchev–Trinajstić information content (AvgIpc) is 2.50. The van der Waals surface area contributed by atoms with Crippen LogP contribution in [0.5, 0.6) is 0 Å². The summed E-state index contributed by atoms with van der Waals surface area (Å²) < 4.78 is 5.28. The smallest absolute Gasteiger partial charge is 0.100 e.